The lowest BCUT2D eigenvalue weighted by atomic mass is 10.2. The molecule has 1 aromatic heterocycles. The molecular weight excluding hydrogens is 191 g/mol. The van der Waals surface area contributed by atoms with Crippen LogP contribution in [0.1, 0.15) is 11.1 Å². The Balaban J connectivity index is 2.23. The average molecular weight is 200 g/mol. The van der Waals surface area contributed by atoms with Gasteiger partial charge in [-0.2, -0.15) is 5.10 Å². The van der Waals surface area contributed by atoms with Gasteiger partial charge in [0.1, 0.15) is 5.82 Å². The Morgan fingerprint density at radius 2 is 2.20 bits per heavy atom. The molecule has 0 amide bonds. The molecule has 0 radical (unpaired) electrons. The predicted molar refractivity (Wildman–Crippen MR) is 55.7 cm³/mol. The zero-order valence-corrected chi connectivity index (χ0v) is 8.02. The van der Waals surface area contributed by atoms with Crippen LogP contribution in [-0.4, -0.2) is 9.78 Å². The summed E-state index contributed by atoms with van der Waals surface area (Å²) in [5.41, 5.74) is 1.30. The first-order chi connectivity index (χ1) is 7.29. The fourth-order valence-electron chi connectivity index (χ4n) is 1.33. The van der Waals surface area contributed by atoms with Crippen molar-refractivity contribution in [2.24, 2.45) is 0 Å². The Hall–Kier alpha value is -2.08. The predicted octanol–water partition coefficient (Wildman–Crippen LogP) is 2.05. The Kier molecular flexibility index (Phi) is 2.51. The first-order valence-electron chi connectivity index (χ1n) is 4.52. The van der Waals surface area contributed by atoms with E-state index >= 15 is 0 Å². The van der Waals surface area contributed by atoms with Crippen LogP contribution < -0.4 is 0 Å². The number of terminal acetylenes is 1. The summed E-state index contributed by atoms with van der Waals surface area (Å²) in [5.74, 6) is 2.24. The fraction of sp³-hybridized carbons (Fsp3) is 0.0833. The number of aromatic nitrogens is 2. The van der Waals surface area contributed by atoms with Gasteiger partial charge < -0.3 is 0 Å². The highest BCUT2D eigenvalue weighted by molar-refractivity contribution is 5.27. The van der Waals surface area contributed by atoms with Crippen LogP contribution in [0.15, 0.2) is 36.7 Å². The van der Waals surface area contributed by atoms with Crippen molar-refractivity contribution in [3.05, 3.63) is 53.6 Å². The van der Waals surface area contributed by atoms with E-state index in [1.807, 2.05) is 0 Å². The summed E-state index contributed by atoms with van der Waals surface area (Å²) in [7, 11) is 0. The minimum absolute atomic E-state index is 0.227. The average Bonchev–Trinajstić information content (AvgIpc) is 2.69. The molecule has 74 valence electrons. The van der Waals surface area contributed by atoms with E-state index in [0.717, 1.165) is 0 Å². The van der Waals surface area contributed by atoms with E-state index in [1.54, 1.807) is 35.3 Å². The van der Waals surface area contributed by atoms with Crippen LogP contribution >= 0.6 is 0 Å². The van der Waals surface area contributed by atoms with Gasteiger partial charge in [-0.25, -0.2) is 4.39 Å². The third-order valence-electron chi connectivity index (χ3n) is 2.09. The van der Waals surface area contributed by atoms with Crippen LogP contribution in [0.5, 0.6) is 0 Å². The summed E-state index contributed by atoms with van der Waals surface area (Å²) in [4.78, 5) is 0. The topological polar surface area (TPSA) is 17.8 Å². The maximum absolute atomic E-state index is 13.3. The van der Waals surface area contributed by atoms with Crippen LogP contribution in [0.25, 0.3) is 0 Å². The summed E-state index contributed by atoms with van der Waals surface area (Å²) < 4.78 is 14.9. The molecule has 0 unspecified atom stereocenters. The van der Waals surface area contributed by atoms with E-state index in [0.29, 0.717) is 17.7 Å². The fourth-order valence-corrected chi connectivity index (χ4v) is 1.33. The molecular formula is C12H9FN2. The van der Waals surface area contributed by atoms with Crippen molar-refractivity contribution >= 4 is 0 Å². The lowest BCUT2D eigenvalue weighted by Gasteiger charge is -2.02. The van der Waals surface area contributed by atoms with Gasteiger partial charge in [-0.15, -0.1) is 6.42 Å². The number of hydrogen-bond donors (Lipinski definition) is 0. The van der Waals surface area contributed by atoms with Gasteiger partial charge in [0.15, 0.2) is 0 Å². The Morgan fingerprint density at radius 3 is 2.87 bits per heavy atom. The van der Waals surface area contributed by atoms with E-state index in [2.05, 4.69) is 11.0 Å². The van der Waals surface area contributed by atoms with Gasteiger partial charge >= 0.3 is 0 Å². The second-order valence-electron chi connectivity index (χ2n) is 3.16. The molecule has 3 heteroatoms. The molecule has 2 aromatic rings. The lowest BCUT2D eigenvalue weighted by molar-refractivity contribution is 0.585. The molecule has 0 aliphatic carbocycles. The first-order valence-corrected chi connectivity index (χ1v) is 4.52. The van der Waals surface area contributed by atoms with Crippen molar-refractivity contribution in [2.45, 2.75) is 6.54 Å². The molecule has 0 aliphatic rings. The first kappa shape index (κ1) is 9.47. The van der Waals surface area contributed by atoms with Crippen molar-refractivity contribution in [2.75, 3.05) is 0 Å². The van der Waals surface area contributed by atoms with Crippen molar-refractivity contribution in [3.63, 3.8) is 0 Å². The van der Waals surface area contributed by atoms with Crippen molar-refractivity contribution < 1.29 is 4.39 Å². The van der Waals surface area contributed by atoms with Gasteiger partial charge in [-0.05, 0) is 6.07 Å². The van der Waals surface area contributed by atoms with Gasteiger partial charge in [0.25, 0.3) is 0 Å². The molecule has 1 aromatic carbocycles. The summed E-state index contributed by atoms with van der Waals surface area (Å²) in [5, 5.41) is 4.03. The quantitative estimate of drug-likeness (QED) is 0.678. The van der Waals surface area contributed by atoms with Gasteiger partial charge in [0, 0.05) is 11.8 Å². The molecule has 0 saturated heterocycles. The van der Waals surface area contributed by atoms with E-state index in [-0.39, 0.29) is 5.82 Å². The molecule has 0 atom stereocenters. The maximum Gasteiger partial charge on any atom is 0.128 e. The van der Waals surface area contributed by atoms with Crippen molar-refractivity contribution in [1.82, 2.24) is 9.78 Å². The second kappa shape index (κ2) is 3.97. The Bertz CT molecular complexity index is 508. The molecule has 2 nitrogen and oxygen atoms in total. The zero-order valence-electron chi connectivity index (χ0n) is 8.02. The molecule has 0 bridgehead atoms. The zero-order chi connectivity index (χ0) is 10.7. The largest absolute Gasteiger partial charge is 0.267 e. The van der Waals surface area contributed by atoms with E-state index < -0.39 is 0 Å². The van der Waals surface area contributed by atoms with Crippen LogP contribution in [0.3, 0.4) is 0 Å². The van der Waals surface area contributed by atoms with Gasteiger partial charge in [0.2, 0.25) is 0 Å². The number of rotatable bonds is 2. The maximum atomic E-state index is 13.3. The van der Waals surface area contributed by atoms with Gasteiger partial charge in [0.05, 0.1) is 18.3 Å². The summed E-state index contributed by atoms with van der Waals surface area (Å²) in [6, 6.07) is 6.62. The minimum atomic E-state index is -0.227. The minimum Gasteiger partial charge on any atom is -0.267 e. The van der Waals surface area contributed by atoms with Crippen LogP contribution in [0, 0.1) is 18.2 Å². The monoisotopic (exact) mass is 200 g/mol. The Morgan fingerprint density at radius 1 is 1.40 bits per heavy atom. The molecule has 0 saturated carbocycles. The normalized spacial score (nSPS) is 9.87. The standard InChI is InChI=1S/C12H9FN2/c1-2-10-7-14-15(8-10)9-11-5-3-4-6-12(11)13/h1,3-8H,9H2. The van der Waals surface area contributed by atoms with Gasteiger partial charge in [-0.1, -0.05) is 24.1 Å². The van der Waals surface area contributed by atoms with E-state index in [9.17, 15) is 4.39 Å². The van der Waals surface area contributed by atoms with E-state index in [1.165, 1.54) is 6.07 Å². The molecule has 2 rings (SSSR count). The number of halogens is 1. The molecule has 0 aliphatic heterocycles. The third kappa shape index (κ3) is 2.05. The SMILES string of the molecule is C#Cc1cnn(Cc2ccccc2F)c1. The third-order valence-corrected chi connectivity index (χ3v) is 2.09. The lowest BCUT2D eigenvalue weighted by Crippen LogP contribution is -2.01. The molecule has 0 spiro atoms. The van der Waals surface area contributed by atoms with Gasteiger partial charge in [-0.3, -0.25) is 4.68 Å². The van der Waals surface area contributed by atoms with Crippen molar-refractivity contribution in [3.8, 4) is 12.3 Å². The van der Waals surface area contributed by atoms with Crippen LogP contribution in [0.2, 0.25) is 0 Å². The van der Waals surface area contributed by atoms with Crippen LogP contribution in [0.4, 0.5) is 4.39 Å². The summed E-state index contributed by atoms with van der Waals surface area (Å²) in [6.45, 7) is 0.397. The number of benzene rings is 1. The smallest absolute Gasteiger partial charge is 0.128 e. The highest BCUT2D eigenvalue weighted by atomic mass is 19.1. The summed E-state index contributed by atoms with van der Waals surface area (Å²) in [6.07, 6.45) is 8.51. The highest BCUT2D eigenvalue weighted by Crippen LogP contribution is 2.08. The van der Waals surface area contributed by atoms with Crippen molar-refractivity contribution in [1.29, 1.82) is 0 Å². The number of nitrogens with zero attached hydrogens (tertiary/aromatic N) is 2. The molecule has 15 heavy (non-hydrogen) atoms. The molecule has 1 heterocycles. The highest BCUT2D eigenvalue weighted by Gasteiger charge is 2.02. The summed E-state index contributed by atoms with van der Waals surface area (Å²) >= 11 is 0. The second-order valence-corrected chi connectivity index (χ2v) is 3.16. The van der Waals surface area contributed by atoms with Crippen LogP contribution in [-0.2, 0) is 6.54 Å². The Labute approximate surface area is 87.4 Å². The molecule has 0 N–H and O–H groups in total. The number of hydrogen-bond acceptors (Lipinski definition) is 1. The van der Waals surface area contributed by atoms with E-state index in [4.69, 9.17) is 6.42 Å². The molecule has 0 fully saturated rings.